The molecule has 0 atom stereocenters. The molecule has 1 N–H and O–H groups in total. The summed E-state index contributed by atoms with van der Waals surface area (Å²) < 4.78 is 20.5. The molecular weight excluding hydrogens is 365 g/mol. The molecule has 5 nitrogen and oxygen atoms in total. The van der Waals surface area contributed by atoms with Crippen molar-refractivity contribution in [2.24, 2.45) is 0 Å². The maximum absolute atomic E-state index is 13.3. The normalized spacial score (nSPS) is 12.7. The first kappa shape index (κ1) is 17.6. The summed E-state index contributed by atoms with van der Waals surface area (Å²) in [4.78, 5) is 12.9. The topological polar surface area (TPSA) is 56.1 Å². The Morgan fingerprint density at radius 3 is 2.78 bits per heavy atom. The molecule has 0 fully saturated rings. The number of aromatic nitrogens is 2. The molecule has 1 aliphatic heterocycles. The van der Waals surface area contributed by atoms with E-state index < -0.39 is 0 Å². The fraction of sp³-hybridized carbons (Fsp3) is 0.200. The van der Waals surface area contributed by atoms with E-state index in [0.29, 0.717) is 29.4 Å². The molecule has 0 saturated carbocycles. The van der Waals surface area contributed by atoms with Gasteiger partial charge in [0.15, 0.2) is 0 Å². The van der Waals surface area contributed by atoms with Crippen molar-refractivity contribution in [3.8, 4) is 11.4 Å². The molecule has 0 saturated heterocycles. The van der Waals surface area contributed by atoms with Crippen molar-refractivity contribution in [3.63, 3.8) is 0 Å². The van der Waals surface area contributed by atoms with Gasteiger partial charge in [0.05, 0.1) is 23.6 Å². The number of anilines is 1. The van der Waals surface area contributed by atoms with E-state index in [1.807, 2.05) is 13.0 Å². The Kier molecular flexibility index (Phi) is 4.85. The molecule has 1 aliphatic rings. The first-order chi connectivity index (χ1) is 13.2. The molecule has 138 valence electrons. The van der Waals surface area contributed by atoms with Gasteiger partial charge in [0.25, 0.3) is 5.91 Å². The van der Waals surface area contributed by atoms with Crippen LogP contribution in [0.5, 0.6) is 5.75 Å². The SMILES string of the molecule is CCOc1ccccc1C(=O)Nc1c2c(nn1-c1ccc(F)cc1)CSC2. The smallest absolute Gasteiger partial charge is 0.260 e. The predicted molar refractivity (Wildman–Crippen MR) is 104 cm³/mol. The maximum atomic E-state index is 13.3. The molecule has 0 bridgehead atoms. The average Bonchev–Trinajstić information content (AvgIpc) is 3.26. The van der Waals surface area contributed by atoms with Crippen LogP contribution in [0.3, 0.4) is 0 Å². The van der Waals surface area contributed by atoms with Gasteiger partial charge in [0.2, 0.25) is 0 Å². The Labute approximate surface area is 160 Å². The summed E-state index contributed by atoms with van der Waals surface area (Å²) in [6, 6.07) is 13.2. The van der Waals surface area contributed by atoms with E-state index in [0.717, 1.165) is 22.8 Å². The number of amides is 1. The minimum Gasteiger partial charge on any atom is -0.493 e. The standard InChI is InChI=1S/C20H18FN3O2S/c1-2-26-18-6-4-3-5-15(18)20(25)22-19-16-11-27-12-17(16)23-24(19)14-9-7-13(21)8-10-14/h3-10H,2,11-12H2,1H3,(H,22,25). The van der Waals surface area contributed by atoms with E-state index in [-0.39, 0.29) is 11.7 Å². The van der Waals surface area contributed by atoms with Crippen LogP contribution in [0.15, 0.2) is 48.5 Å². The Hall–Kier alpha value is -2.80. The van der Waals surface area contributed by atoms with E-state index in [2.05, 4.69) is 10.4 Å². The zero-order chi connectivity index (χ0) is 18.8. The second-order valence-electron chi connectivity index (χ2n) is 6.04. The van der Waals surface area contributed by atoms with Crippen LogP contribution in [0, 0.1) is 5.82 Å². The van der Waals surface area contributed by atoms with Crippen molar-refractivity contribution in [3.05, 3.63) is 71.2 Å². The lowest BCUT2D eigenvalue weighted by Gasteiger charge is -2.13. The molecule has 2 heterocycles. The number of rotatable bonds is 5. The third-order valence-corrected chi connectivity index (χ3v) is 5.26. The fourth-order valence-electron chi connectivity index (χ4n) is 3.02. The van der Waals surface area contributed by atoms with Gasteiger partial charge >= 0.3 is 0 Å². The Bertz CT molecular complexity index is 985. The van der Waals surface area contributed by atoms with Crippen molar-refractivity contribution in [2.75, 3.05) is 11.9 Å². The van der Waals surface area contributed by atoms with Gasteiger partial charge < -0.3 is 10.1 Å². The first-order valence-corrected chi connectivity index (χ1v) is 9.80. The molecule has 1 amide bonds. The summed E-state index contributed by atoms with van der Waals surface area (Å²) in [5.74, 6) is 2.16. The lowest BCUT2D eigenvalue weighted by molar-refractivity contribution is 0.102. The number of fused-ring (bicyclic) bond motifs is 1. The van der Waals surface area contributed by atoms with Gasteiger partial charge in [0.1, 0.15) is 17.4 Å². The minimum absolute atomic E-state index is 0.262. The number of nitrogens with one attached hydrogen (secondary N) is 1. The number of carbonyl (C=O) groups is 1. The number of hydrogen-bond acceptors (Lipinski definition) is 4. The largest absolute Gasteiger partial charge is 0.493 e. The summed E-state index contributed by atoms with van der Waals surface area (Å²) in [7, 11) is 0. The van der Waals surface area contributed by atoms with E-state index in [9.17, 15) is 9.18 Å². The number of benzene rings is 2. The molecule has 27 heavy (non-hydrogen) atoms. The number of halogens is 1. The van der Waals surface area contributed by atoms with Crippen LogP contribution >= 0.6 is 11.8 Å². The third-order valence-electron chi connectivity index (χ3n) is 4.29. The van der Waals surface area contributed by atoms with Crippen LogP contribution in [-0.4, -0.2) is 22.3 Å². The molecule has 7 heteroatoms. The lowest BCUT2D eigenvalue weighted by atomic mass is 10.2. The Balaban J connectivity index is 1.72. The summed E-state index contributed by atoms with van der Waals surface area (Å²) in [5, 5.41) is 7.62. The average molecular weight is 383 g/mol. The van der Waals surface area contributed by atoms with Crippen LogP contribution in [0.1, 0.15) is 28.5 Å². The van der Waals surface area contributed by atoms with Gasteiger partial charge in [-0.15, -0.1) is 0 Å². The van der Waals surface area contributed by atoms with Crippen molar-refractivity contribution < 1.29 is 13.9 Å². The predicted octanol–water partition coefficient (Wildman–Crippen LogP) is 4.41. The van der Waals surface area contributed by atoms with E-state index in [4.69, 9.17) is 4.74 Å². The number of nitrogens with zero attached hydrogens (tertiary/aromatic N) is 2. The zero-order valence-electron chi connectivity index (χ0n) is 14.7. The van der Waals surface area contributed by atoms with Crippen molar-refractivity contribution in [1.82, 2.24) is 9.78 Å². The first-order valence-electron chi connectivity index (χ1n) is 8.65. The minimum atomic E-state index is -0.315. The van der Waals surface area contributed by atoms with E-state index in [1.165, 1.54) is 12.1 Å². The monoisotopic (exact) mass is 383 g/mol. The van der Waals surface area contributed by atoms with Gasteiger partial charge in [-0.1, -0.05) is 12.1 Å². The van der Waals surface area contributed by atoms with Crippen molar-refractivity contribution in [1.29, 1.82) is 0 Å². The van der Waals surface area contributed by atoms with E-state index in [1.54, 1.807) is 46.8 Å². The molecular formula is C20H18FN3O2S. The molecule has 4 rings (SSSR count). The lowest BCUT2D eigenvalue weighted by Crippen LogP contribution is -2.17. The van der Waals surface area contributed by atoms with Gasteiger partial charge in [-0.05, 0) is 43.3 Å². The maximum Gasteiger partial charge on any atom is 0.260 e. The summed E-state index contributed by atoms with van der Waals surface area (Å²) >= 11 is 1.75. The molecule has 0 spiro atoms. The quantitative estimate of drug-likeness (QED) is 0.709. The number of ether oxygens (including phenoxy) is 1. The molecule has 0 unspecified atom stereocenters. The molecule has 0 radical (unpaired) electrons. The van der Waals surface area contributed by atoms with Gasteiger partial charge in [-0.25, -0.2) is 9.07 Å². The Morgan fingerprint density at radius 2 is 2.00 bits per heavy atom. The van der Waals surface area contributed by atoms with Crippen LogP contribution in [0.2, 0.25) is 0 Å². The highest BCUT2D eigenvalue weighted by atomic mass is 32.2. The summed E-state index contributed by atoms with van der Waals surface area (Å²) in [5.41, 5.74) is 3.11. The summed E-state index contributed by atoms with van der Waals surface area (Å²) in [6.07, 6.45) is 0. The zero-order valence-corrected chi connectivity index (χ0v) is 15.6. The third kappa shape index (κ3) is 3.42. The van der Waals surface area contributed by atoms with Crippen LogP contribution in [0.4, 0.5) is 10.2 Å². The van der Waals surface area contributed by atoms with Gasteiger partial charge in [0, 0.05) is 17.1 Å². The highest BCUT2D eigenvalue weighted by molar-refractivity contribution is 7.98. The van der Waals surface area contributed by atoms with Crippen LogP contribution in [-0.2, 0) is 11.5 Å². The van der Waals surface area contributed by atoms with E-state index >= 15 is 0 Å². The summed E-state index contributed by atoms with van der Waals surface area (Å²) in [6.45, 7) is 2.35. The molecule has 3 aromatic rings. The molecule has 2 aromatic carbocycles. The highest BCUT2D eigenvalue weighted by Gasteiger charge is 2.25. The fourth-order valence-corrected chi connectivity index (χ4v) is 4.06. The van der Waals surface area contributed by atoms with Gasteiger partial charge in [-0.2, -0.15) is 16.9 Å². The van der Waals surface area contributed by atoms with Crippen molar-refractivity contribution in [2.45, 2.75) is 18.4 Å². The van der Waals surface area contributed by atoms with Crippen molar-refractivity contribution >= 4 is 23.5 Å². The number of hydrogen-bond donors (Lipinski definition) is 1. The Morgan fingerprint density at radius 1 is 1.22 bits per heavy atom. The number of para-hydroxylation sites is 1. The molecule has 0 aliphatic carbocycles. The second kappa shape index (κ2) is 7.44. The highest BCUT2D eigenvalue weighted by Crippen LogP contribution is 2.36. The van der Waals surface area contributed by atoms with Gasteiger partial charge in [-0.3, -0.25) is 4.79 Å². The van der Waals surface area contributed by atoms with Crippen LogP contribution in [0.25, 0.3) is 5.69 Å². The van der Waals surface area contributed by atoms with Crippen LogP contribution < -0.4 is 10.1 Å². The number of carbonyl (C=O) groups excluding carboxylic acids is 1. The number of thioether (sulfide) groups is 1. The second-order valence-corrected chi connectivity index (χ2v) is 7.02. The molecule has 1 aromatic heterocycles.